The summed E-state index contributed by atoms with van der Waals surface area (Å²) >= 11 is 0. The van der Waals surface area contributed by atoms with E-state index < -0.39 is 0 Å². The van der Waals surface area contributed by atoms with Crippen molar-refractivity contribution in [1.29, 1.82) is 0 Å². The van der Waals surface area contributed by atoms with Gasteiger partial charge in [0.1, 0.15) is 0 Å². The molecule has 0 aliphatic rings. The SMILES string of the molecule is Cc1cc(C)c([N+](=O)[O-])cc1NC(C)c1ccoc1. The van der Waals surface area contributed by atoms with Crippen molar-refractivity contribution in [2.75, 3.05) is 5.32 Å². The first-order chi connectivity index (χ1) is 8.99. The van der Waals surface area contributed by atoms with Crippen molar-refractivity contribution in [2.24, 2.45) is 0 Å². The predicted molar refractivity (Wildman–Crippen MR) is 73.3 cm³/mol. The molecule has 1 aromatic heterocycles. The van der Waals surface area contributed by atoms with E-state index in [1.54, 1.807) is 25.5 Å². The van der Waals surface area contributed by atoms with E-state index in [1.807, 2.05) is 26.0 Å². The van der Waals surface area contributed by atoms with Gasteiger partial charge in [-0.2, -0.15) is 0 Å². The predicted octanol–water partition coefficient (Wildman–Crippen LogP) is 3.98. The van der Waals surface area contributed by atoms with Gasteiger partial charge in [-0.1, -0.05) is 0 Å². The van der Waals surface area contributed by atoms with Gasteiger partial charge in [0.25, 0.3) is 5.69 Å². The summed E-state index contributed by atoms with van der Waals surface area (Å²) < 4.78 is 5.04. The quantitative estimate of drug-likeness (QED) is 0.667. The lowest BCUT2D eigenvalue weighted by Gasteiger charge is -2.16. The maximum Gasteiger partial charge on any atom is 0.274 e. The first-order valence-electron chi connectivity index (χ1n) is 6.03. The molecule has 1 atom stereocenters. The third-order valence-electron chi connectivity index (χ3n) is 3.15. The Hall–Kier alpha value is -2.30. The van der Waals surface area contributed by atoms with Gasteiger partial charge in [0.15, 0.2) is 0 Å². The minimum Gasteiger partial charge on any atom is -0.472 e. The van der Waals surface area contributed by atoms with Crippen LogP contribution in [0.4, 0.5) is 11.4 Å². The van der Waals surface area contributed by atoms with Crippen LogP contribution in [0.3, 0.4) is 0 Å². The smallest absolute Gasteiger partial charge is 0.274 e. The molecule has 0 fully saturated rings. The zero-order valence-corrected chi connectivity index (χ0v) is 11.1. The van der Waals surface area contributed by atoms with Gasteiger partial charge in [-0.05, 0) is 38.5 Å². The highest BCUT2D eigenvalue weighted by Gasteiger charge is 2.15. The molecule has 1 N–H and O–H groups in total. The molecule has 5 heteroatoms. The molecule has 0 saturated carbocycles. The van der Waals surface area contributed by atoms with Crippen LogP contribution in [0.25, 0.3) is 0 Å². The largest absolute Gasteiger partial charge is 0.472 e. The summed E-state index contributed by atoms with van der Waals surface area (Å²) in [4.78, 5) is 10.6. The molecule has 19 heavy (non-hydrogen) atoms. The molecule has 1 unspecified atom stereocenters. The van der Waals surface area contributed by atoms with Crippen molar-refractivity contribution in [3.8, 4) is 0 Å². The summed E-state index contributed by atoms with van der Waals surface area (Å²) in [6, 6.07) is 5.30. The number of nitrogens with zero attached hydrogens (tertiary/aromatic N) is 1. The average Bonchev–Trinajstić information content (AvgIpc) is 2.85. The number of aryl methyl sites for hydroxylation is 2. The van der Waals surface area contributed by atoms with Crippen molar-refractivity contribution in [2.45, 2.75) is 26.8 Å². The number of hydrogen-bond donors (Lipinski definition) is 1. The molecule has 0 aliphatic heterocycles. The Balaban J connectivity index is 2.30. The lowest BCUT2D eigenvalue weighted by Crippen LogP contribution is -2.07. The fourth-order valence-electron chi connectivity index (χ4n) is 2.03. The second kappa shape index (κ2) is 5.14. The van der Waals surface area contributed by atoms with Crippen LogP contribution in [0.1, 0.15) is 29.7 Å². The van der Waals surface area contributed by atoms with E-state index in [4.69, 9.17) is 4.42 Å². The molecule has 2 aromatic rings. The van der Waals surface area contributed by atoms with Crippen LogP contribution in [-0.4, -0.2) is 4.92 Å². The van der Waals surface area contributed by atoms with E-state index in [1.165, 1.54) is 0 Å². The van der Waals surface area contributed by atoms with Crippen LogP contribution in [0.5, 0.6) is 0 Å². The summed E-state index contributed by atoms with van der Waals surface area (Å²) in [5.74, 6) is 0. The fraction of sp³-hybridized carbons (Fsp3) is 0.286. The maximum absolute atomic E-state index is 11.0. The number of nitro groups is 1. The Labute approximate surface area is 111 Å². The van der Waals surface area contributed by atoms with Crippen LogP contribution < -0.4 is 5.32 Å². The van der Waals surface area contributed by atoms with Gasteiger partial charge >= 0.3 is 0 Å². The highest BCUT2D eigenvalue weighted by molar-refractivity contribution is 5.60. The van der Waals surface area contributed by atoms with Crippen molar-refractivity contribution >= 4 is 11.4 Å². The lowest BCUT2D eigenvalue weighted by atomic mass is 10.1. The topological polar surface area (TPSA) is 68.3 Å². The molecule has 5 nitrogen and oxygen atoms in total. The zero-order chi connectivity index (χ0) is 14.0. The van der Waals surface area contributed by atoms with Crippen LogP contribution >= 0.6 is 0 Å². The van der Waals surface area contributed by atoms with Crippen molar-refractivity contribution < 1.29 is 9.34 Å². The molecule has 0 saturated heterocycles. The molecule has 0 aliphatic carbocycles. The van der Waals surface area contributed by atoms with Gasteiger partial charge < -0.3 is 9.73 Å². The highest BCUT2D eigenvalue weighted by Crippen LogP contribution is 2.29. The Bertz CT molecular complexity index is 591. The minimum atomic E-state index is -0.359. The molecule has 2 rings (SSSR count). The van der Waals surface area contributed by atoms with E-state index in [2.05, 4.69) is 5.32 Å². The number of furan rings is 1. The van der Waals surface area contributed by atoms with Crippen molar-refractivity contribution in [3.63, 3.8) is 0 Å². The van der Waals surface area contributed by atoms with Gasteiger partial charge in [-0.3, -0.25) is 10.1 Å². The zero-order valence-electron chi connectivity index (χ0n) is 11.1. The van der Waals surface area contributed by atoms with Crippen LogP contribution in [0.2, 0.25) is 0 Å². The number of nitro benzene ring substituents is 1. The number of anilines is 1. The third-order valence-corrected chi connectivity index (χ3v) is 3.15. The normalized spacial score (nSPS) is 12.2. The van der Waals surface area contributed by atoms with E-state index in [0.29, 0.717) is 5.56 Å². The van der Waals surface area contributed by atoms with Gasteiger partial charge in [0.2, 0.25) is 0 Å². The van der Waals surface area contributed by atoms with E-state index in [9.17, 15) is 10.1 Å². The van der Waals surface area contributed by atoms with Gasteiger partial charge in [0.05, 0.1) is 23.5 Å². The first-order valence-corrected chi connectivity index (χ1v) is 6.03. The molecule has 1 heterocycles. The monoisotopic (exact) mass is 260 g/mol. The lowest BCUT2D eigenvalue weighted by molar-refractivity contribution is -0.385. The van der Waals surface area contributed by atoms with Crippen molar-refractivity contribution in [3.05, 3.63) is 57.5 Å². The Morgan fingerprint density at radius 3 is 2.63 bits per heavy atom. The molecular formula is C14H16N2O3. The maximum atomic E-state index is 11.0. The average molecular weight is 260 g/mol. The summed E-state index contributed by atoms with van der Waals surface area (Å²) in [5, 5.41) is 14.2. The second-order valence-corrected chi connectivity index (χ2v) is 4.63. The van der Waals surface area contributed by atoms with E-state index in [-0.39, 0.29) is 16.7 Å². The third kappa shape index (κ3) is 2.76. The van der Waals surface area contributed by atoms with Crippen LogP contribution in [0, 0.1) is 24.0 Å². The molecule has 100 valence electrons. The highest BCUT2D eigenvalue weighted by atomic mass is 16.6. The summed E-state index contributed by atoms with van der Waals surface area (Å²) in [6.45, 7) is 5.66. The molecule has 0 spiro atoms. The summed E-state index contributed by atoms with van der Waals surface area (Å²) in [7, 11) is 0. The Morgan fingerprint density at radius 2 is 2.05 bits per heavy atom. The number of nitrogens with one attached hydrogen (secondary N) is 1. The van der Waals surface area contributed by atoms with Crippen LogP contribution in [0.15, 0.2) is 35.1 Å². The molecule has 0 bridgehead atoms. The Morgan fingerprint density at radius 1 is 1.32 bits per heavy atom. The summed E-state index contributed by atoms with van der Waals surface area (Å²) in [5.41, 5.74) is 3.56. The molecule has 0 amide bonds. The number of benzene rings is 1. The first kappa shape index (κ1) is 13.1. The molecule has 1 aromatic carbocycles. The Kier molecular flexibility index (Phi) is 3.55. The number of rotatable bonds is 4. The standard InChI is InChI=1S/C14H16N2O3/c1-9-6-10(2)14(16(17)18)7-13(9)15-11(3)12-4-5-19-8-12/h4-8,11,15H,1-3H3. The van der Waals surface area contributed by atoms with Gasteiger partial charge in [-0.25, -0.2) is 0 Å². The minimum absolute atomic E-state index is 0.0276. The van der Waals surface area contributed by atoms with Gasteiger partial charge in [-0.15, -0.1) is 0 Å². The molecular weight excluding hydrogens is 244 g/mol. The number of hydrogen-bond acceptors (Lipinski definition) is 4. The van der Waals surface area contributed by atoms with Crippen LogP contribution in [-0.2, 0) is 0 Å². The van der Waals surface area contributed by atoms with Crippen molar-refractivity contribution in [1.82, 2.24) is 0 Å². The summed E-state index contributed by atoms with van der Waals surface area (Å²) in [6.07, 6.45) is 3.27. The van der Waals surface area contributed by atoms with Gasteiger partial charge in [0, 0.05) is 22.9 Å². The van der Waals surface area contributed by atoms with E-state index in [0.717, 1.165) is 16.8 Å². The van der Waals surface area contributed by atoms with E-state index >= 15 is 0 Å². The second-order valence-electron chi connectivity index (χ2n) is 4.63. The fourth-order valence-corrected chi connectivity index (χ4v) is 2.03. The molecule has 0 radical (unpaired) electrons.